The van der Waals surface area contributed by atoms with E-state index in [1.54, 1.807) is 7.11 Å². The third-order valence-corrected chi connectivity index (χ3v) is 3.27. The number of ether oxygens (including phenoxy) is 1. The lowest BCUT2D eigenvalue weighted by molar-refractivity contribution is 0.413. The van der Waals surface area contributed by atoms with Crippen LogP contribution in [0.2, 0.25) is 0 Å². The predicted molar refractivity (Wildman–Crippen MR) is 76.2 cm³/mol. The Morgan fingerprint density at radius 1 is 1.32 bits per heavy atom. The lowest BCUT2D eigenvalue weighted by atomic mass is 9.94. The Morgan fingerprint density at radius 2 is 2.11 bits per heavy atom. The lowest BCUT2D eigenvalue weighted by Crippen LogP contribution is -2.19. The quantitative estimate of drug-likeness (QED) is 0.860. The molecule has 0 spiro atoms. The number of rotatable bonds is 6. The summed E-state index contributed by atoms with van der Waals surface area (Å²) < 4.78 is 7.07. The minimum absolute atomic E-state index is 0.427. The molecule has 102 valence electrons. The van der Waals surface area contributed by atoms with Gasteiger partial charge in [-0.15, -0.1) is 0 Å². The number of aromatic nitrogens is 2. The van der Waals surface area contributed by atoms with Gasteiger partial charge >= 0.3 is 0 Å². The van der Waals surface area contributed by atoms with Crippen molar-refractivity contribution in [3.8, 4) is 5.75 Å². The van der Waals surface area contributed by atoms with Crippen molar-refractivity contribution in [2.75, 3.05) is 13.7 Å². The summed E-state index contributed by atoms with van der Waals surface area (Å²) in [4.78, 5) is 0. The molecule has 0 aliphatic carbocycles. The second kappa shape index (κ2) is 6.38. The van der Waals surface area contributed by atoms with Gasteiger partial charge in [0.05, 0.1) is 13.3 Å². The number of aryl methyl sites for hydroxylation is 1. The van der Waals surface area contributed by atoms with Crippen molar-refractivity contribution in [3.05, 3.63) is 47.8 Å². The molecule has 0 bridgehead atoms. The van der Waals surface area contributed by atoms with E-state index in [-0.39, 0.29) is 0 Å². The highest BCUT2D eigenvalue weighted by molar-refractivity contribution is 5.28. The van der Waals surface area contributed by atoms with E-state index < -0.39 is 0 Å². The average Bonchev–Trinajstić information content (AvgIpc) is 2.83. The van der Waals surface area contributed by atoms with Gasteiger partial charge in [0.2, 0.25) is 0 Å². The summed E-state index contributed by atoms with van der Waals surface area (Å²) in [6.07, 6.45) is 5.88. The molecule has 1 heterocycles. The summed E-state index contributed by atoms with van der Waals surface area (Å²) in [6, 6.07) is 8.17. The Morgan fingerprint density at radius 3 is 2.74 bits per heavy atom. The molecule has 4 heteroatoms. The molecule has 1 atom stereocenters. The van der Waals surface area contributed by atoms with Crippen molar-refractivity contribution in [2.45, 2.75) is 12.8 Å². The molecule has 2 N–H and O–H groups in total. The highest BCUT2D eigenvalue weighted by Crippen LogP contribution is 2.18. The smallest absolute Gasteiger partial charge is 0.119 e. The molecule has 0 aliphatic rings. The normalized spacial score (nSPS) is 12.4. The summed E-state index contributed by atoms with van der Waals surface area (Å²) in [5, 5.41) is 4.19. The van der Waals surface area contributed by atoms with Crippen LogP contribution >= 0.6 is 0 Å². The predicted octanol–water partition coefficient (Wildman–Crippen LogP) is 1.79. The van der Waals surface area contributed by atoms with Gasteiger partial charge in [0.25, 0.3) is 0 Å². The Balaban J connectivity index is 2.01. The van der Waals surface area contributed by atoms with Crippen LogP contribution in [0.1, 0.15) is 11.1 Å². The van der Waals surface area contributed by atoms with Crippen LogP contribution in [0.3, 0.4) is 0 Å². The third-order valence-electron chi connectivity index (χ3n) is 3.27. The average molecular weight is 259 g/mol. The van der Waals surface area contributed by atoms with Crippen LogP contribution in [0, 0.1) is 5.92 Å². The summed E-state index contributed by atoms with van der Waals surface area (Å²) >= 11 is 0. The van der Waals surface area contributed by atoms with E-state index in [0.717, 1.165) is 18.6 Å². The number of methoxy groups -OCH3 is 1. The van der Waals surface area contributed by atoms with E-state index in [4.69, 9.17) is 10.5 Å². The number of benzene rings is 1. The third kappa shape index (κ3) is 3.83. The molecule has 0 fully saturated rings. The van der Waals surface area contributed by atoms with E-state index in [0.29, 0.717) is 12.5 Å². The van der Waals surface area contributed by atoms with E-state index >= 15 is 0 Å². The Bertz CT molecular complexity index is 522. The van der Waals surface area contributed by atoms with Gasteiger partial charge in [0.15, 0.2) is 0 Å². The highest BCUT2D eigenvalue weighted by atomic mass is 16.5. The van der Waals surface area contributed by atoms with E-state index in [1.165, 1.54) is 11.1 Å². The van der Waals surface area contributed by atoms with Crippen molar-refractivity contribution in [2.24, 2.45) is 18.7 Å². The lowest BCUT2D eigenvalue weighted by Gasteiger charge is -2.14. The zero-order valence-corrected chi connectivity index (χ0v) is 11.5. The van der Waals surface area contributed by atoms with Crippen LogP contribution in [0.5, 0.6) is 5.75 Å². The molecule has 0 amide bonds. The second-order valence-electron chi connectivity index (χ2n) is 4.88. The molecule has 0 aliphatic heterocycles. The van der Waals surface area contributed by atoms with Gasteiger partial charge in [-0.2, -0.15) is 5.10 Å². The summed E-state index contributed by atoms with van der Waals surface area (Å²) in [6.45, 7) is 0.673. The van der Waals surface area contributed by atoms with Crippen LogP contribution in [-0.2, 0) is 19.9 Å². The molecule has 0 saturated carbocycles. The largest absolute Gasteiger partial charge is 0.497 e. The zero-order chi connectivity index (χ0) is 13.7. The molecular formula is C15H21N3O. The van der Waals surface area contributed by atoms with Gasteiger partial charge in [0, 0.05) is 13.2 Å². The van der Waals surface area contributed by atoms with Crippen molar-refractivity contribution < 1.29 is 4.74 Å². The Hall–Kier alpha value is -1.81. The first-order chi connectivity index (χ1) is 9.21. The van der Waals surface area contributed by atoms with Crippen molar-refractivity contribution >= 4 is 0 Å². The second-order valence-corrected chi connectivity index (χ2v) is 4.88. The molecule has 0 radical (unpaired) electrons. The number of hydrogen-bond donors (Lipinski definition) is 1. The van der Waals surface area contributed by atoms with Gasteiger partial charge < -0.3 is 10.5 Å². The van der Waals surface area contributed by atoms with Gasteiger partial charge in [-0.3, -0.25) is 4.68 Å². The first kappa shape index (κ1) is 13.6. The van der Waals surface area contributed by atoms with Crippen LogP contribution in [0.25, 0.3) is 0 Å². The Labute approximate surface area is 114 Å². The summed E-state index contributed by atoms with van der Waals surface area (Å²) in [7, 11) is 3.62. The van der Waals surface area contributed by atoms with Gasteiger partial charge in [-0.1, -0.05) is 12.1 Å². The van der Waals surface area contributed by atoms with E-state index in [2.05, 4.69) is 17.2 Å². The molecular weight excluding hydrogens is 238 g/mol. The Kier molecular flexibility index (Phi) is 4.58. The maximum Gasteiger partial charge on any atom is 0.119 e. The van der Waals surface area contributed by atoms with Crippen LogP contribution < -0.4 is 10.5 Å². The molecule has 1 unspecified atom stereocenters. The van der Waals surface area contributed by atoms with E-state index in [9.17, 15) is 0 Å². The number of nitrogens with zero attached hydrogens (tertiary/aromatic N) is 2. The molecule has 2 rings (SSSR count). The van der Waals surface area contributed by atoms with Crippen LogP contribution in [0.15, 0.2) is 36.7 Å². The number of hydrogen-bond acceptors (Lipinski definition) is 3. The summed E-state index contributed by atoms with van der Waals surface area (Å²) in [5.74, 6) is 1.32. The SMILES string of the molecule is COc1cccc(CC(CN)Cc2cnn(C)c2)c1. The highest BCUT2D eigenvalue weighted by Gasteiger charge is 2.10. The molecule has 2 aromatic rings. The standard InChI is InChI=1S/C15H21N3O/c1-18-11-14(10-17-18)7-13(9-16)6-12-4-3-5-15(8-12)19-2/h3-5,8,10-11,13H,6-7,9,16H2,1-2H3. The fourth-order valence-corrected chi connectivity index (χ4v) is 2.28. The van der Waals surface area contributed by atoms with Crippen LogP contribution in [-0.4, -0.2) is 23.4 Å². The van der Waals surface area contributed by atoms with Crippen LogP contribution in [0.4, 0.5) is 0 Å². The maximum absolute atomic E-state index is 5.89. The first-order valence-electron chi connectivity index (χ1n) is 6.51. The van der Waals surface area contributed by atoms with Crippen molar-refractivity contribution in [3.63, 3.8) is 0 Å². The summed E-state index contributed by atoms with van der Waals surface area (Å²) in [5.41, 5.74) is 8.39. The molecule has 19 heavy (non-hydrogen) atoms. The minimum Gasteiger partial charge on any atom is -0.497 e. The molecule has 1 aromatic carbocycles. The maximum atomic E-state index is 5.89. The van der Waals surface area contributed by atoms with Gasteiger partial charge in [-0.05, 0) is 48.6 Å². The molecule has 4 nitrogen and oxygen atoms in total. The van der Waals surface area contributed by atoms with Crippen molar-refractivity contribution in [1.29, 1.82) is 0 Å². The monoisotopic (exact) mass is 259 g/mol. The van der Waals surface area contributed by atoms with E-state index in [1.807, 2.05) is 36.3 Å². The number of nitrogens with two attached hydrogens (primary N) is 1. The fourth-order valence-electron chi connectivity index (χ4n) is 2.28. The minimum atomic E-state index is 0.427. The first-order valence-corrected chi connectivity index (χ1v) is 6.51. The van der Waals surface area contributed by atoms with Gasteiger partial charge in [-0.25, -0.2) is 0 Å². The topological polar surface area (TPSA) is 53.1 Å². The fraction of sp³-hybridized carbons (Fsp3) is 0.400. The molecule has 1 aromatic heterocycles. The molecule has 0 saturated heterocycles. The van der Waals surface area contributed by atoms with Crippen molar-refractivity contribution in [1.82, 2.24) is 9.78 Å². The van der Waals surface area contributed by atoms with Gasteiger partial charge in [0.1, 0.15) is 5.75 Å². The zero-order valence-electron chi connectivity index (χ0n) is 11.5.